The third-order valence-electron chi connectivity index (χ3n) is 7.06. The molecule has 2 aromatic carbocycles. The van der Waals surface area contributed by atoms with Crippen LogP contribution in [0, 0.1) is 0 Å². The van der Waals surface area contributed by atoms with E-state index in [1.54, 1.807) is 0 Å². The predicted octanol–water partition coefficient (Wildman–Crippen LogP) is 8.62. The van der Waals surface area contributed by atoms with E-state index in [9.17, 15) is 4.79 Å². The van der Waals surface area contributed by atoms with Crippen LogP contribution in [0.4, 0.5) is 0 Å². The Morgan fingerprint density at radius 3 is 2.17 bits per heavy atom. The highest BCUT2D eigenvalue weighted by Gasteiger charge is 2.29. The fraction of sp³-hybridized carbons (Fsp3) is 0.433. The Morgan fingerprint density at radius 2 is 1.57 bits per heavy atom. The zero-order valence-corrected chi connectivity index (χ0v) is 23.5. The van der Waals surface area contributed by atoms with Crippen LogP contribution in [0.3, 0.4) is 0 Å². The fourth-order valence-electron chi connectivity index (χ4n) is 4.71. The fourth-order valence-corrected chi connectivity index (χ4v) is 5.35. The molecule has 0 N–H and O–H groups in total. The largest absolute Gasteiger partial charge is 0.494 e. The lowest BCUT2D eigenvalue weighted by Gasteiger charge is -2.14. The van der Waals surface area contributed by atoms with E-state index >= 15 is 0 Å². The quantitative estimate of drug-likeness (QED) is 0.163. The summed E-state index contributed by atoms with van der Waals surface area (Å²) in [5.74, 6) is 2.16. The number of hydrogen-bond acceptors (Lipinski definition) is 2. The highest BCUT2D eigenvalue weighted by molar-refractivity contribution is 9.24. The highest BCUT2D eigenvalue weighted by atomic mass is 79.9. The first-order valence-electron chi connectivity index (χ1n) is 12.9. The second-order valence-electron chi connectivity index (χ2n) is 9.95. The van der Waals surface area contributed by atoms with Crippen LogP contribution >= 0.6 is 31.9 Å². The first-order valence-corrected chi connectivity index (χ1v) is 14.8. The summed E-state index contributed by atoms with van der Waals surface area (Å²) in [7, 11) is 0. The summed E-state index contributed by atoms with van der Waals surface area (Å²) < 4.78 is 8.51. The molecule has 2 fully saturated rings. The number of ether oxygens (including phenoxy) is 1. The molecule has 3 nitrogen and oxygen atoms in total. The summed E-state index contributed by atoms with van der Waals surface area (Å²) in [5, 5.41) is 0. The second kappa shape index (κ2) is 11.0. The first-order chi connectivity index (χ1) is 17.0. The molecule has 0 saturated heterocycles. The van der Waals surface area contributed by atoms with Crippen LogP contribution in [0.25, 0.3) is 22.3 Å². The van der Waals surface area contributed by atoms with Crippen molar-refractivity contribution < 1.29 is 4.74 Å². The molecule has 5 rings (SSSR count). The molecule has 1 aromatic heterocycles. The Labute approximate surface area is 225 Å². The Morgan fingerprint density at radius 1 is 0.914 bits per heavy atom. The van der Waals surface area contributed by atoms with Gasteiger partial charge in [-0.05, 0) is 98.1 Å². The minimum Gasteiger partial charge on any atom is -0.494 e. The SMILES string of the molecule is CCn1cc(-c2cccc(OCCCCC(Br)Br)c2)c(=O)c(-c2cc(C3CC3)cc(C3CC3)c2)c1. The van der Waals surface area contributed by atoms with Crippen molar-refractivity contribution in [1.82, 2.24) is 4.57 Å². The van der Waals surface area contributed by atoms with Crippen molar-refractivity contribution in [3.63, 3.8) is 0 Å². The normalized spacial score (nSPS) is 15.5. The third kappa shape index (κ3) is 6.29. The Kier molecular flexibility index (Phi) is 7.83. The van der Waals surface area contributed by atoms with E-state index in [1.165, 1.54) is 36.8 Å². The molecule has 0 bridgehead atoms. The van der Waals surface area contributed by atoms with Crippen LogP contribution in [-0.4, -0.2) is 14.9 Å². The van der Waals surface area contributed by atoms with Crippen molar-refractivity contribution in [3.8, 4) is 28.0 Å². The minimum atomic E-state index is 0.0993. The van der Waals surface area contributed by atoms with Gasteiger partial charge in [0.15, 0.2) is 5.43 Å². The standard InChI is InChI=1S/C30H33Br2NO2/c1-2-33-18-27(22-6-5-7-26(17-22)35-13-4-3-8-29(31)32)30(34)28(19-33)25-15-23(20-9-10-20)14-24(16-25)21-11-12-21/h5-7,14-21,29H,2-4,8-13H2,1H3. The van der Waals surface area contributed by atoms with Crippen LogP contribution in [0.2, 0.25) is 0 Å². The summed E-state index contributed by atoms with van der Waals surface area (Å²) in [4.78, 5) is 13.8. The van der Waals surface area contributed by atoms with Gasteiger partial charge in [0.2, 0.25) is 0 Å². The lowest BCUT2D eigenvalue weighted by Crippen LogP contribution is -2.13. The first kappa shape index (κ1) is 24.8. The van der Waals surface area contributed by atoms with Crippen molar-refractivity contribution in [2.45, 2.75) is 74.0 Å². The summed E-state index contributed by atoms with van der Waals surface area (Å²) in [5.41, 5.74) is 6.47. The van der Waals surface area contributed by atoms with Crippen LogP contribution in [-0.2, 0) is 6.54 Å². The maximum Gasteiger partial charge on any atom is 0.197 e. The molecule has 0 radical (unpaired) electrons. The van der Waals surface area contributed by atoms with Crippen molar-refractivity contribution in [2.24, 2.45) is 0 Å². The van der Waals surface area contributed by atoms with Gasteiger partial charge in [-0.25, -0.2) is 0 Å². The topological polar surface area (TPSA) is 31.2 Å². The second-order valence-corrected chi connectivity index (χ2v) is 13.4. The number of benzene rings is 2. The van der Waals surface area contributed by atoms with Crippen molar-refractivity contribution in [1.29, 1.82) is 0 Å². The number of halogens is 2. The maximum absolute atomic E-state index is 13.8. The Hall–Kier alpha value is -1.85. The Bertz CT molecular complexity index is 1210. The van der Waals surface area contributed by atoms with Crippen molar-refractivity contribution in [3.05, 3.63) is 76.2 Å². The molecule has 2 aliphatic rings. The van der Waals surface area contributed by atoms with Gasteiger partial charge in [-0.3, -0.25) is 4.79 Å². The number of nitrogens with zero attached hydrogens (tertiary/aromatic N) is 1. The van der Waals surface area contributed by atoms with Gasteiger partial charge in [0.25, 0.3) is 0 Å². The van der Waals surface area contributed by atoms with Crippen LogP contribution in [0.1, 0.15) is 74.8 Å². The van der Waals surface area contributed by atoms with Gasteiger partial charge in [0.1, 0.15) is 5.75 Å². The lowest BCUT2D eigenvalue weighted by molar-refractivity contribution is 0.306. The van der Waals surface area contributed by atoms with Crippen LogP contribution in [0.5, 0.6) is 5.75 Å². The van der Waals surface area contributed by atoms with E-state index in [-0.39, 0.29) is 5.43 Å². The number of aromatic nitrogens is 1. The summed E-state index contributed by atoms with van der Waals surface area (Å²) in [6.07, 6.45) is 12.3. The number of hydrogen-bond donors (Lipinski definition) is 0. The predicted molar refractivity (Wildman–Crippen MR) is 152 cm³/mol. The number of rotatable bonds is 11. The maximum atomic E-state index is 13.8. The molecule has 1 heterocycles. The Balaban J connectivity index is 1.45. The molecule has 5 heteroatoms. The number of pyridine rings is 1. The molecule has 35 heavy (non-hydrogen) atoms. The third-order valence-corrected chi connectivity index (χ3v) is 7.98. The molecular weight excluding hydrogens is 566 g/mol. The molecule has 0 atom stereocenters. The number of alkyl halides is 2. The van der Waals surface area contributed by atoms with Crippen LogP contribution < -0.4 is 10.2 Å². The molecule has 2 aliphatic carbocycles. The monoisotopic (exact) mass is 597 g/mol. The van der Waals surface area contributed by atoms with Gasteiger partial charge in [-0.15, -0.1) is 0 Å². The van der Waals surface area contributed by atoms with Crippen molar-refractivity contribution >= 4 is 31.9 Å². The molecule has 0 unspecified atom stereocenters. The smallest absolute Gasteiger partial charge is 0.197 e. The summed E-state index contributed by atoms with van der Waals surface area (Å²) >= 11 is 7.04. The molecule has 0 spiro atoms. The van der Waals surface area contributed by atoms with E-state index in [1.807, 2.05) is 36.7 Å². The van der Waals surface area contributed by atoms with Crippen molar-refractivity contribution in [2.75, 3.05) is 6.61 Å². The number of unbranched alkanes of at least 4 members (excludes halogenated alkanes) is 1. The minimum absolute atomic E-state index is 0.0993. The number of aryl methyl sites for hydroxylation is 1. The van der Waals surface area contributed by atoms with Gasteiger partial charge in [0, 0.05) is 30.1 Å². The summed E-state index contributed by atoms with van der Waals surface area (Å²) in [6.45, 7) is 3.61. The summed E-state index contributed by atoms with van der Waals surface area (Å²) in [6, 6.07) is 14.9. The average Bonchev–Trinajstić information content (AvgIpc) is 3.77. The van der Waals surface area contributed by atoms with Crippen LogP contribution in [0.15, 0.2) is 59.7 Å². The van der Waals surface area contributed by atoms with E-state index in [0.717, 1.165) is 53.8 Å². The zero-order valence-electron chi connectivity index (χ0n) is 20.3. The van der Waals surface area contributed by atoms with E-state index in [4.69, 9.17) is 4.74 Å². The molecule has 184 valence electrons. The van der Waals surface area contributed by atoms with E-state index < -0.39 is 0 Å². The van der Waals surface area contributed by atoms with E-state index in [2.05, 4.69) is 61.5 Å². The van der Waals surface area contributed by atoms with Gasteiger partial charge in [-0.2, -0.15) is 0 Å². The van der Waals surface area contributed by atoms with Gasteiger partial charge < -0.3 is 9.30 Å². The lowest BCUT2D eigenvalue weighted by atomic mass is 9.94. The zero-order chi connectivity index (χ0) is 24.4. The average molecular weight is 599 g/mol. The van der Waals surface area contributed by atoms with Gasteiger partial charge in [-0.1, -0.05) is 62.2 Å². The molecule has 2 saturated carbocycles. The van der Waals surface area contributed by atoms with Gasteiger partial charge in [0.05, 0.1) is 10.3 Å². The molecule has 0 amide bonds. The molecule has 3 aromatic rings. The highest BCUT2D eigenvalue weighted by Crippen LogP contribution is 2.46. The molecular formula is C30H33Br2NO2. The molecule has 0 aliphatic heterocycles. The van der Waals surface area contributed by atoms with Gasteiger partial charge >= 0.3 is 0 Å². The van der Waals surface area contributed by atoms with E-state index in [0.29, 0.717) is 22.2 Å².